The molecule has 150 valence electrons. The number of pyridine rings is 1. The number of aromatic nitrogens is 1. The topological polar surface area (TPSA) is 76.6 Å². The van der Waals surface area contributed by atoms with Crippen molar-refractivity contribution in [2.45, 2.75) is 6.92 Å². The smallest absolute Gasteiger partial charge is 0.356 e. The van der Waals surface area contributed by atoms with Crippen LogP contribution < -0.4 is 4.90 Å². The van der Waals surface area contributed by atoms with Gasteiger partial charge in [-0.05, 0) is 25.1 Å². The van der Waals surface area contributed by atoms with E-state index in [1.807, 2.05) is 43.3 Å². The standard InChI is InChI=1S/C24H20N2O4/c1-4-30-24(29)19-13-18-20(23(28)17-8-6-5-7-16(17)22(18)27)21(25-19)14-9-11-15(12-10-14)26(2)3/h5-13H,4H2,1-3H3. The summed E-state index contributed by atoms with van der Waals surface area (Å²) in [6.07, 6.45) is 0. The van der Waals surface area contributed by atoms with Gasteiger partial charge in [-0.2, -0.15) is 0 Å². The lowest BCUT2D eigenvalue weighted by molar-refractivity contribution is 0.0519. The maximum Gasteiger partial charge on any atom is 0.356 e. The molecule has 4 rings (SSSR count). The number of hydrogen-bond donors (Lipinski definition) is 0. The van der Waals surface area contributed by atoms with Gasteiger partial charge in [0, 0.05) is 42.0 Å². The average Bonchev–Trinajstić information content (AvgIpc) is 2.77. The first kappa shape index (κ1) is 19.5. The highest BCUT2D eigenvalue weighted by Gasteiger charge is 2.34. The molecule has 6 heteroatoms. The van der Waals surface area contributed by atoms with Crippen molar-refractivity contribution in [2.75, 3.05) is 25.6 Å². The third kappa shape index (κ3) is 3.16. The van der Waals surface area contributed by atoms with Crippen LogP contribution in [-0.4, -0.2) is 43.2 Å². The van der Waals surface area contributed by atoms with Crippen LogP contribution in [0.3, 0.4) is 0 Å². The van der Waals surface area contributed by atoms with E-state index < -0.39 is 5.97 Å². The number of hydrogen-bond acceptors (Lipinski definition) is 6. The molecule has 0 saturated carbocycles. The number of ether oxygens (including phenoxy) is 1. The second-order valence-corrected chi connectivity index (χ2v) is 7.14. The summed E-state index contributed by atoms with van der Waals surface area (Å²) in [6, 6.07) is 15.5. The molecular formula is C24H20N2O4. The second-order valence-electron chi connectivity index (χ2n) is 7.14. The minimum Gasteiger partial charge on any atom is -0.461 e. The van der Waals surface area contributed by atoms with Crippen LogP contribution in [0.15, 0.2) is 54.6 Å². The Morgan fingerprint density at radius 1 is 0.933 bits per heavy atom. The first-order chi connectivity index (χ1) is 14.4. The van der Waals surface area contributed by atoms with Crippen LogP contribution in [-0.2, 0) is 4.74 Å². The summed E-state index contributed by atoms with van der Waals surface area (Å²) in [5.41, 5.74) is 2.96. The minimum absolute atomic E-state index is 0.00261. The zero-order chi connectivity index (χ0) is 21.4. The van der Waals surface area contributed by atoms with Gasteiger partial charge in [0.1, 0.15) is 5.69 Å². The van der Waals surface area contributed by atoms with Crippen molar-refractivity contribution in [1.82, 2.24) is 4.98 Å². The van der Waals surface area contributed by atoms with Crippen molar-refractivity contribution >= 4 is 23.2 Å². The Bertz CT molecular complexity index is 1180. The molecule has 0 unspecified atom stereocenters. The van der Waals surface area contributed by atoms with E-state index in [4.69, 9.17) is 4.74 Å². The third-order valence-electron chi connectivity index (χ3n) is 5.05. The molecule has 0 saturated heterocycles. The highest BCUT2D eigenvalue weighted by atomic mass is 16.5. The fraction of sp³-hybridized carbons (Fsp3) is 0.167. The van der Waals surface area contributed by atoms with Gasteiger partial charge >= 0.3 is 5.97 Å². The summed E-state index contributed by atoms with van der Waals surface area (Å²) in [5, 5.41) is 0. The summed E-state index contributed by atoms with van der Waals surface area (Å²) in [7, 11) is 3.85. The molecule has 0 bridgehead atoms. The van der Waals surface area contributed by atoms with E-state index in [1.54, 1.807) is 31.2 Å². The second kappa shape index (κ2) is 7.55. The number of ketones is 2. The summed E-state index contributed by atoms with van der Waals surface area (Å²) in [5.74, 6) is -1.22. The summed E-state index contributed by atoms with van der Waals surface area (Å²) < 4.78 is 5.09. The highest BCUT2D eigenvalue weighted by molar-refractivity contribution is 6.30. The Morgan fingerprint density at radius 2 is 1.57 bits per heavy atom. The first-order valence-electron chi connectivity index (χ1n) is 9.60. The summed E-state index contributed by atoms with van der Waals surface area (Å²) in [6.45, 7) is 1.88. The lowest BCUT2D eigenvalue weighted by Gasteiger charge is -2.21. The Hall–Kier alpha value is -3.80. The van der Waals surface area contributed by atoms with Crippen molar-refractivity contribution in [1.29, 1.82) is 0 Å². The fourth-order valence-corrected chi connectivity index (χ4v) is 3.55. The van der Waals surface area contributed by atoms with Crippen LogP contribution in [0.2, 0.25) is 0 Å². The van der Waals surface area contributed by atoms with Gasteiger partial charge in [0.2, 0.25) is 0 Å². The highest BCUT2D eigenvalue weighted by Crippen LogP contribution is 2.34. The number of anilines is 1. The number of rotatable bonds is 4. The van der Waals surface area contributed by atoms with Crippen LogP contribution in [0.1, 0.15) is 49.3 Å². The molecule has 0 radical (unpaired) electrons. The number of esters is 1. The van der Waals surface area contributed by atoms with Crippen molar-refractivity contribution < 1.29 is 19.1 Å². The molecule has 1 heterocycles. The quantitative estimate of drug-likeness (QED) is 0.486. The van der Waals surface area contributed by atoms with E-state index in [9.17, 15) is 14.4 Å². The van der Waals surface area contributed by atoms with E-state index in [1.165, 1.54) is 6.07 Å². The number of carbonyl (C=O) groups excluding carboxylic acids is 3. The zero-order valence-corrected chi connectivity index (χ0v) is 16.9. The fourth-order valence-electron chi connectivity index (χ4n) is 3.55. The van der Waals surface area contributed by atoms with Crippen LogP contribution in [0.4, 0.5) is 5.69 Å². The Morgan fingerprint density at radius 3 is 2.17 bits per heavy atom. The number of fused-ring (bicyclic) bond motifs is 2. The maximum atomic E-state index is 13.3. The molecule has 1 aromatic heterocycles. The molecule has 6 nitrogen and oxygen atoms in total. The minimum atomic E-state index is -0.634. The van der Waals surface area contributed by atoms with Gasteiger partial charge < -0.3 is 9.64 Å². The monoisotopic (exact) mass is 400 g/mol. The Labute approximate surface area is 174 Å². The molecule has 0 fully saturated rings. The summed E-state index contributed by atoms with van der Waals surface area (Å²) >= 11 is 0. The van der Waals surface area contributed by atoms with E-state index in [0.29, 0.717) is 22.4 Å². The molecule has 1 aliphatic carbocycles. The average molecular weight is 400 g/mol. The van der Waals surface area contributed by atoms with Crippen LogP contribution in [0.25, 0.3) is 11.3 Å². The predicted octanol–water partition coefficient (Wildman–Crippen LogP) is 3.77. The zero-order valence-electron chi connectivity index (χ0n) is 16.9. The third-order valence-corrected chi connectivity index (χ3v) is 5.05. The van der Waals surface area contributed by atoms with E-state index in [0.717, 1.165) is 5.69 Å². The predicted molar refractivity (Wildman–Crippen MR) is 113 cm³/mol. The summed E-state index contributed by atoms with van der Waals surface area (Å²) in [4.78, 5) is 45.3. The molecule has 30 heavy (non-hydrogen) atoms. The molecule has 2 aromatic carbocycles. The molecular weight excluding hydrogens is 380 g/mol. The van der Waals surface area contributed by atoms with Crippen LogP contribution >= 0.6 is 0 Å². The van der Waals surface area contributed by atoms with Gasteiger partial charge in [0.15, 0.2) is 11.6 Å². The van der Waals surface area contributed by atoms with Gasteiger partial charge in [-0.1, -0.05) is 36.4 Å². The van der Waals surface area contributed by atoms with Crippen LogP contribution in [0, 0.1) is 0 Å². The Balaban J connectivity index is 1.97. The molecule has 3 aromatic rings. The number of carbonyl (C=O) groups is 3. The van der Waals surface area contributed by atoms with Crippen molar-refractivity contribution in [2.24, 2.45) is 0 Å². The van der Waals surface area contributed by atoms with Gasteiger partial charge in [-0.25, -0.2) is 9.78 Å². The van der Waals surface area contributed by atoms with Crippen molar-refractivity contribution in [3.8, 4) is 11.3 Å². The van der Waals surface area contributed by atoms with Gasteiger partial charge in [-0.15, -0.1) is 0 Å². The maximum absolute atomic E-state index is 13.3. The molecule has 1 aliphatic rings. The lowest BCUT2D eigenvalue weighted by Crippen LogP contribution is -2.24. The lowest BCUT2D eigenvalue weighted by atomic mass is 9.82. The molecule has 0 aliphatic heterocycles. The molecule has 0 amide bonds. The van der Waals surface area contributed by atoms with Crippen molar-refractivity contribution in [3.63, 3.8) is 0 Å². The molecule has 0 spiro atoms. The normalized spacial score (nSPS) is 12.2. The van der Waals surface area contributed by atoms with E-state index in [-0.39, 0.29) is 35.0 Å². The van der Waals surface area contributed by atoms with Gasteiger partial charge in [-0.3, -0.25) is 9.59 Å². The first-order valence-corrected chi connectivity index (χ1v) is 9.60. The number of nitrogens with zero attached hydrogens (tertiary/aromatic N) is 2. The SMILES string of the molecule is CCOC(=O)c1cc2c(c(-c3ccc(N(C)C)cc3)n1)C(=O)c1ccccc1C2=O. The van der Waals surface area contributed by atoms with Gasteiger partial charge in [0.25, 0.3) is 0 Å². The largest absolute Gasteiger partial charge is 0.461 e. The van der Waals surface area contributed by atoms with E-state index in [2.05, 4.69) is 4.98 Å². The number of benzene rings is 2. The van der Waals surface area contributed by atoms with E-state index >= 15 is 0 Å². The Kier molecular flexibility index (Phi) is 4.91. The molecule has 0 N–H and O–H groups in total. The van der Waals surface area contributed by atoms with Gasteiger partial charge in [0.05, 0.1) is 17.9 Å². The van der Waals surface area contributed by atoms with Crippen LogP contribution in [0.5, 0.6) is 0 Å². The van der Waals surface area contributed by atoms with Crippen molar-refractivity contribution in [3.05, 3.63) is 82.5 Å². The molecule has 0 atom stereocenters.